The molecule has 2 aliphatic rings. The molecule has 2 aromatic rings. The van der Waals surface area contributed by atoms with Crippen LogP contribution in [-0.4, -0.2) is 28.2 Å². The Labute approximate surface area is 139 Å². The Hall–Kier alpha value is -2.37. The highest BCUT2D eigenvalue weighted by molar-refractivity contribution is 6.24. The van der Waals surface area contributed by atoms with Crippen LogP contribution in [-0.2, 0) is 0 Å². The summed E-state index contributed by atoms with van der Waals surface area (Å²) in [5, 5.41) is 31.6. The van der Waals surface area contributed by atoms with Crippen LogP contribution in [0.25, 0.3) is 11.1 Å². The number of methoxy groups -OCH3 is 1. The van der Waals surface area contributed by atoms with E-state index in [1.807, 2.05) is 6.92 Å². The van der Waals surface area contributed by atoms with E-state index in [-0.39, 0.29) is 23.0 Å². The lowest BCUT2D eigenvalue weighted by Crippen LogP contribution is -2.24. The summed E-state index contributed by atoms with van der Waals surface area (Å²) < 4.78 is 5.35. The minimum atomic E-state index is -0.850. The van der Waals surface area contributed by atoms with Crippen molar-refractivity contribution in [2.24, 2.45) is 5.92 Å². The van der Waals surface area contributed by atoms with Gasteiger partial charge in [-0.2, -0.15) is 0 Å². The van der Waals surface area contributed by atoms with Crippen molar-refractivity contribution in [3.8, 4) is 22.6 Å². The largest absolute Gasteiger partial charge is 0.507 e. The molecule has 0 aliphatic heterocycles. The predicted molar refractivity (Wildman–Crippen MR) is 87.2 cm³/mol. The van der Waals surface area contributed by atoms with Crippen LogP contribution in [0.1, 0.15) is 52.6 Å². The van der Waals surface area contributed by atoms with E-state index in [2.05, 4.69) is 0 Å². The summed E-state index contributed by atoms with van der Waals surface area (Å²) in [5.74, 6) is -0.0000136. The molecule has 2 aliphatic carbocycles. The molecular formula is C19H18O5. The van der Waals surface area contributed by atoms with Crippen LogP contribution in [0.15, 0.2) is 24.3 Å². The smallest absolute Gasteiger partial charge is 0.194 e. The number of rotatable bonds is 1. The number of hydrogen-bond donors (Lipinski definition) is 3. The molecule has 5 nitrogen and oxygen atoms in total. The average Bonchev–Trinajstić information content (AvgIpc) is 2.87. The first-order valence-electron chi connectivity index (χ1n) is 7.93. The van der Waals surface area contributed by atoms with Crippen molar-refractivity contribution in [3.63, 3.8) is 0 Å². The zero-order valence-electron chi connectivity index (χ0n) is 13.4. The standard InChI is InChI=1S/C19H18O5/c1-8-6-11(20)14-10(18(8)22)7-12(21)16-15-9(19(23)17(14)16)4-3-5-13(15)24-2/h3-5,7-8,11,18,20-22H,6H2,1-2H3/t8-,11-,18-/m0/s1. The summed E-state index contributed by atoms with van der Waals surface area (Å²) in [6, 6.07) is 6.60. The predicted octanol–water partition coefficient (Wildman–Crippen LogP) is 2.72. The topological polar surface area (TPSA) is 87.0 Å². The molecule has 4 rings (SSSR count). The first kappa shape index (κ1) is 15.2. The van der Waals surface area contributed by atoms with Crippen LogP contribution in [0.4, 0.5) is 0 Å². The van der Waals surface area contributed by atoms with Gasteiger partial charge in [0.15, 0.2) is 5.78 Å². The number of aromatic hydroxyl groups is 1. The zero-order chi connectivity index (χ0) is 17.2. The third kappa shape index (κ3) is 1.79. The van der Waals surface area contributed by atoms with E-state index in [1.165, 1.54) is 13.2 Å². The Kier molecular flexibility index (Phi) is 3.20. The van der Waals surface area contributed by atoms with E-state index in [1.54, 1.807) is 18.2 Å². The number of benzene rings is 2. The number of ketones is 1. The summed E-state index contributed by atoms with van der Waals surface area (Å²) in [5.41, 5.74) is 2.50. The molecule has 2 aromatic carbocycles. The molecule has 0 fully saturated rings. The fourth-order valence-electron chi connectivity index (χ4n) is 3.99. The summed E-state index contributed by atoms with van der Waals surface area (Å²) >= 11 is 0. The third-order valence-corrected chi connectivity index (χ3v) is 5.13. The van der Waals surface area contributed by atoms with Gasteiger partial charge in [-0.1, -0.05) is 19.1 Å². The monoisotopic (exact) mass is 326 g/mol. The van der Waals surface area contributed by atoms with E-state index in [4.69, 9.17) is 4.74 Å². The summed E-state index contributed by atoms with van der Waals surface area (Å²) in [4.78, 5) is 13.0. The second kappa shape index (κ2) is 5.06. The van der Waals surface area contributed by atoms with Gasteiger partial charge in [0.2, 0.25) is 0 Å². The number of carbonyl (C=O) groups excluding carboxylic acids is 1. The maximum atomic E-state index is 13.0. The molecule has 24 heavy (non-hydrogen) atoms. The quantitative estimate of drug-likeness (QED) is 0.640. The van der Waals surface area contributed by atoms with E-state index in [0.717, 1.165) is 0 Å². The van der Waals surface area contributed by atoms with Gasteiger partial charge in [0.25, 0.3) is 0 Å². The van der Waals surface area contributed by atoms with Gasteiger partial charge < -0.3 is 20.1 Å². The van der Waals surface area contributed by atoms with Crippen molar-refractivity contribution < 1.29 is 24.9 Å². The Morgan fingerprint density at radius 1 is 1.17 bits per heavy atom. The first-order valence-corrected chi connectivity index (χ1v) is 7.93. The third-order valence-electron chi connectivity index (χ3n) is 5.13. The minimum absolute atomic E-state index is 0.0827. The van der Waals surface area contributed by atoms with Gasteiger partial charge in [0.05, 0.1) is 19.3 Å². The van der Waals surface area contributed by atoms with Gasteiger partial charge in [-0.3, -0.25) is 4.79 Å². The number of aliphatic hydroxyl groups excluding tert-OH is 2. The number of phenolic OH excluding ortho intramolecular Hbond substituents is 1. The molecule has 3 atom stereocenters. The molecule has 0 radical (unpaired) electrons. The van der Waals surface area contributed by atoms with Crippen LogP contribution in [0.5, 0.6) is 11.5 Å². The van der Waals surface area contributed by atoms with Crippen LogP contribution in [0, 0.1) is 5.92 Å². The molecule has 0 aromatic heterocycles. The molecule has 5 heteroatoms. The van der Waals surface area contributed by atoms with E-state index in [9.17, 15) is 20.1 Å². The van der Waals surface area contributed by atoms with Crippen molar-refractivity contribution in [2.75, 3.05) is 7.11 Å². The van der Waals surface area contributed by atoms with Gasteiger partial charge >= 0.3 is 0 Å². The molecule has 124 valence electrons. The number of phenols is 1. The Morgan fingerprint density at radius 2 is 1.92 bits per heavy atom. The molecule has 0 spiro atoms. The van der Waals surface area contributed by atoms with E-state index < -0.39 is 12.2 Å². The zero-order valence-corrected chi connectivity index (χ0v) is 13.4. The van der Waals surface area contributed by atoms with Crippen molar-refractivity contribution in [3.05, 3.63) is 46.5 Å². The Bertz CT molecular complexity index is 871. The highest BCUT2D eigenvalue weighted by atomic mass is 16.5. The van der Waals surface area contributed by atoms with Gasteiger partial charge in [0, 0.05) is 22.3 Å². The molecule has 0 amide bonds. The molecule has 0 saturated carbocycles. The average molecular weight is 326 g/mol. The number of hydrogen-bond acceptors (Lipinski definition) is 5. The number of aliphatic hydroxyl groups is 2. The van der Waals surface area contributed by atoms with Gasteiger partial charge in [-0.15, -0.1) is 0 Å². The first-order chi connectivity index (χ1) is 11.5. The lowest BCUT2D eigenvalue weighted by Gasteiger charge is -2.32. The number of ether oxygens (including phenoxy) is 1. The van der Waals surface area contributed by atoms with Crippen molar-refractivity contribution in [1.82, 2.24) is 0 Å². The maximum Gasteiger partial charge on any atom is 0.194 e. The second-order valence-electron chi connectivity index (χ2n) is 6.53. The molecule has 0 unspecified atom stereocenters. The van der Waals surface area contributed by atoms with Crippen LogP contribution in [0.2, 0.25) is 0 Å². The lowest BCUT2D eigenvalue weighted by molar-refractivity contribution is 0.0460. The maximum absolute atomic E-state index is 13.0. The lowest BCUT2D eigenvalue weighted by atomic mass is 9.77. The number of carbonyl (C=O) groups is 1. The van der Waals surface area contributed by atoms with Crippen LogP contribution in [0.3, 0.4) is 0 Å². The van der Waals surface area contributed by atoms with Crippen molar-refractivity contribution in [1.29, 1.82) is 0 Å². The molecule has 0 saturated heterocycles. The second-order valence-corrected chi connectivity index (χ2v) is 6.53. The molecule has 0 heterocycles. The fraction of sp³-hybridized carbons (Fsp3) is 0.316. The van der Waals surface area contributed by atoms with Gasteiger partial charge in [-0.25, -0.2) is 0 Å². The van der Waals surface area contributed by atoms with E-state index >= 15 is 0 Å². The SMILES string of the molecule is COc1cccc2c1-c1c(O)cc3c(c1C2=O)[C@@H](O)C[C@H](C)[C@@H]3O. The van der Waals surface area contributed by atoms with Crippen LogP contribution >= 0.6 is 0 Å². The van der Waals surface area contributed by atoms with Crippen molar-refractivity contribution in [2.45, 2.75) is 25.6 Å². The van der Waals surface area contributed by atoms with Crippen LogP contribution < -0.4 is 4.74 Å². The van der Waals surface area contributed by atoms with Gasteiger partial charge in [0.1, 0.15) is 11.5 Å². The number of fused-ring (bicyclic) bond motifs is 5. The molecular weight excluding hydrogens is 308 g/mol. The van der Waals surface area contributed by atoms with Gasteiger partial charge in [-0.05, 0) is 35.6 Å². The molecule has 0 bridgehead atoms. The summed E-state index contributed by atoms with van der Waals surface area (Å²) in [7, 11) is 1.51. The fourth-order valence-corrected chi connectivity index (χ4v) is 3.99. The highest BCUT2D eigenvalue weighted by Crippen LogP contribution is 2.53. The van der Waals surface area contributed by atoms with Crippen molar-refractivity contribution >= 4 is 5.78 Å². The summed E-state index contributed by atoms with van der Waals surface area (Å²) in [6.45, 7) is 1.83. The summed E-state index contributed by atoms with van der Waals surface area (Å²) in [6.07, 6.45) is -1.30. The molecule has 3 N–H and O–H groups in total. The Morgan fingerprint density at radius 3 is 2.62 bits per heavy atom. The Balaban J connectivity index is 2.09. The minimum Gasteiger partial charge on any atom is -0.507 e. The van der Waals surface area contributed by atoms with E-state index in [0.29, 0.717) is 40.0 Å². The highest BCUT2D eigenvalue weighted by Gasteiger charge is 2.41. The normalized spacial score (nSPS) is 24.3.